The number of hydrogen-bond acceptors (Lipinski definition) is 3. The minimum Gasteiger partial charge on any atom is -0.466 e. The van der Waals surface area contributed by atoms with Crippen molar-refractivity contribution in [1.82, 2.24) is 4.98 Å². The van der Waals surface area contributed by atoms with Crippen molar-refractivity contribution in [3.63, 3.8) is 0 Å². The molecule has 0 spiro atoms. The van der Waals surface area contributed by atoms with Gasteiger partial charge in [-0.3, -0.25) is 9.78 Å². The minimum atomic E-state index is -0.369. The summed E-state index contributed by atoms with van der Waals surface area (Å²) < 4.78 is 5.64. The lowest BCUT2D eigenvalue weighted by Gasteiger charge is -2.11. The van der Waals surface area contributed by atoms with Crippen LogP contribution >= 0.6 is 27.5 Å². The van der Waals surface area contributed by atoms with Crippen LogP contribution in [0.3, 0.4) is 0 Å². The average molecular weight is 315 g/mol. The molecular weight excluding hydrogens is 305 g/mol. The highest BCUT2D eigenvalue weighted by atomic mass is 79.9. The van der Waals surface area contributed by atoms with Crippen LogP contribution in [-0.4, -0.2) is 18.1 Å². The van der Waals surface area contributed by atoms with E-state index in [1.165, 1.54) is 0 Å². The first-order valence-electron chi connectivity index (χ1n) is 4.96. The van der Waals surface area contributed by atoms with Gasteiger partial charge in [0.1, 0.15) is 6.61 Å². The Labute approximate surface area is 112 Å². The van der Waals surface area contributed by atoms with Gasteiger partial charge < -0.3 is 4.74 Å². The Morgan fingerprint density at radius 3 is 3.06 bits per heavy atom. The maximum Gasteiger partial charge on any atom is 0.293 e. The molecule has 1 atom stereocenters. The van der Waals surface area contributed by atoms with Gasteiger partial charge in [0.25, 0.3) is 6.47 Å². The van der Waals surface area contributed by atoms with Crippen molar-refractivity contribution in [1.29, 1.82) is 0 Å². The fourth-order valence-electron chi connectivity index (χ4n) is 1.63. The molecule has 1 aromatic heterocycles. The lowest BCUT2D eigenvalue weighted by Crippen LogP contribution is -2.02. The van der Waals surface area contributed by atoms with Crippen LogP contribution in [-0.2, 0) is 9.53 Å². The summed E-state index contributed by atoms with van der Waals surface area (Å²) in [5, 5.41) is 0.595. The van der Waals surface area contributed by atoms with Crippen LogP contribution < -0.4 is 0 Å². The molecule has 0 fully saturated rings. The number of aromatic nitrogens is 1. The van der Waals surface area contributed by atoms with Gasteiger partial charge in [0.05, 0.1) is 10.9 Å². The minimum absolute atomic E-state index is 0.153. The number of nitrogens with zero attached hydrogens (tertiary/aromatic N) is 1. The summed E-state index contributed by atoms with van der Waals surface area (Å²) in [7, 11) is 0. The first-order valence-corrected chi connectivity index (χ1v) is 6.19. The van der Waals surface area contributed by atoms with Crippen molar-refractivity contribution < 1.29 is 9.53 Å². The molecule has 0 aliphatic heterocycles. The van der Waals surface area contributed by atoms with Crippen LogP contribution in [0.1, 0.15) is 10.9 Å². The smallest absolute Gasteiger partial charge is 0.293 e. The number of carbonyl (C=O) groups excluding carboxylic acids is 1. The zero-order chi connectivity index (χ0) is 12.3. The predicted octanol–water partition coefficient (Wildman–Crippen LogP) is 3.45. The monoisotopic (exact) mass is 313 g/mol. The molecule has 1 heterocycles. The van der Waals surface area contributed by atoms with Gasteiger partial charge >= 0.3 is 0 Å². The van der Waals surface area contributed by atoms with Gasteiger partial charge in [0.15, 0.2) is 0 Å². The zero-order valence-electron chi connectivity index (χ0n) is 8.77. The Kier molecular flexibility index (Phi) is 3.97. The summed E-state index contributed by atoms with van der Waals surface area (Å²) >= 11 is 9.57. The summed E-state index contributed by atoms with van der Waals surface area (Å²) in [6.45, 7) is 0.551. The quantitative estimate of drug-likeness (QED) is 0.641. The Morgan fingerprint density at radius 2 is 2.29 bits per heavy atom. The molecule has 0 aliphatic carbocycles. The number of alkyl halides is 1. The van der Waals surface area contributed by atoms with Crippen molar-refractivity contribution in [2.24, 2.45) is 0 Å². The molecular formula is C12H9BrClNO2. The lowest BCUT2D eigenvalue weighted by atomic mass is 10.1. The summed E-state index contributed by atoms with van der Waals surface area (Å²) in [6.07, 6.45) is 1.69. The molecule has 0 amide bonds. The van der Waals surface area contributed by atoms with E-state index in [-0.39, 0.29) is 12.0 Å². The second-order valence-electron chi connectivity index (χ2n) is 3.46. The van der Waals surface area contributed by atoms with Gasteiger partial charge in [0, 0.05) is 16.1 Å². The Balaban J connectivity index is 2.43. The highest BCUT2D eigenvalue weighted by Crippen LogP contribution is 2.29. The second-order valence-corrected chi connectivity index (χ2v) is 4.90. The van der Waals surface area contributed by atoms with Crippen LogP contribution in [0.15, 0.2) is 34.9 Å². The summed E-state index contributed by atoms with van der Waals surface area (Å²) in [5.41, 5.74) is 1.76. The van der Waals surface area contributed by atoms with Gasteiger partial charge in [-0.1, -0.05) is 22.0 Å². The van der Waals surface area contributed by atoms with E-state index in [4.69, 9.17) is 11.6 Å². The van der Waals surface area contributed by atoms with Crippen molar-refractivity contribution in [3.05, 3.63) is 40.5 Å². The first-order chi connectivity index (χ1) is 8.22. The van der Waals surface area contributed by atoms with Crippen molar-refractivity contribution >= 4 is 44.9 Å². The van der Waals surface area contributed by atoms with Gasteiger partial charge in [0.2, 0.25) is 0 Å². The normalized spacial score (nSPS) is 12.4. The van der Waals surface area contributed by atoms with Crippen LogP contribution in [0, 0.1) is 0 Å². The van der Waals surface area contributed by atoms with Crippen LogP contribution in [0.5, 0.6) is 0 Å². The second kappa shape index (κ2) is 5.47. The summed E-state index contributed by atoms with van der Waals surface area (Å²) in [6, 6.07) is 7.63. The molecule has 1 aromatic carbocycles. The third-order valence-electron chi connectivity index (χ3n) is 2.39. The third kappa shape index (κ3) is 2.76. The van der Waals surface area contributed by atoms with E-state index in [9.17, 15) is 4.79 Å². The Hall–Kier alpha value is -1.13. The standard InChI is InChI=1S/C12H9BrClNO2/c13-8-1-2-10-9(11(14)6-17-7-16)3-4-15-12(10)5-8/h1-5,7,11H,6H2. The maximum absolute atomic E-state index is 10.1. The number of benzene rings is 1. The van der Waals surface area contributed by atoms with Crippen LogP contribution in [0.2, 0.25) is 0 Å². The Bertz CT molecular complexity index is 547. The molecule has 0 radical (unpaired) electrons. The van der Waals surface area contributed by atoms with E-state index in [2.05, 4.69) is 25.7 Å². The van der Waals surface area contributed by atoms with Crippen molar-refractivity contribution in [2.75, 3.05) is 6.61 Å². The highest BCUT2D eigenvalue weighted by molar-refractivity contribution is 9.10. The van der Waals surface area contributed by atoms with E-state index >= 15 is 0 Å². The highest BCUT2D eigenvalue weighted by Gasteiger charge is 2.12. The number of rotatable bonds is 4. The molecule has 0 aliphatic rings. The molecule has 0 saturated heterocycles. The molecule has 5 heteroatoms. The maximum atomic E-state index is 10.1. The van der Waals surface area contributed by atoms with E-state index in [1.54, 1.807) is 6.20 Å². The average Bonchev–Trinajstić information content (AvgIpc) is 2.34. The number of ether oxygens (including phenoxy) is 1. The summed E-state index contributed by atoms with van der Waals surface area (Å²) in [5.74, 6) is 0. The SMILES string of the molecule is O=COCC(Cl)c1ccnc2cc(Br)ccc12. The fraction of sp³-hybridized carbons (Fsp3) is 0.167. The molecule has 88 valence electrons. The number of pyridine rings is 1. The Morgan fingerprint density at radius 1 is 1.47 bits per heavy atom. The van der Waals surface area contributed by atoms with Gasteiger partial charge in [-0.15, -0.1) is 11.6 Å². The first kappa shape index (κ1) is 12.3. The van der Waals surface area contributed by atoms with Crippen LogP contribution in [0.25, 0.3) is 10.9 Å². The molecule has 0 saturated carbocycles. The fourth-order valence-corrected chi connectivity index (χ4v) is 2.24. The number of carbonyl (C=O) groups is 1. The molecule has 3 nitrogen and oxygen atoms in total. The number of hydrogen-bond donors (Lipinski definition) is 0. The molecule has 0 N–H and O–H groups in total. The molecule has 2 rings (SSSR count). The van der Waals surface area contributed by atoms with Crippen molar-refractivity contribution in [3.8, 4) is 0 Å². The van der Waals surface area contributed by atoms with Crippen molar-refractivity contribution in [2.45, 2.75) is 5.38 Å². The topological polar surface area (TPSA) is 39.2 Å². The predicted molar refractivity (Wildman–Crippen MR) is 70.1 cm³/mol. The third-order valence-corrected chi connectivity index (χ3v) is 3.24. The van der Waals surface area contributed by atoms with E-state index in [0.717, 1.165) is 20.9 Å². The number of fused-ring (bicyclic) bond motifs is 1. The molecule has 17 heavy (non-hydrogen) atoms. The molecule has 1 unspecified atom stereocenters. The van der Waals surface area contributed by atoms with E-state index in [0.29, 0.717) is 6.47 Å². The largest absolute Gasteiger partial charge is 0.466 e. The summed E-state index contributed by atoms with van der Waals surface area (Å²) in [4.78, 5) is 14.4. The number of halogens is 2. The molecule has 0 bridgehead atoms. The zero-order valence-corrected chi connectivity index (χ0v) is 11.1. The lowest BCUT2D eigenvalue weighted by molar-refractivity contribution is -0.128. The van der Waals surface area contributed by atoms with Crippen LogP contribution in [0.4, 0.5) is 0 Å². The van der Waals surface area contributed by atoms with Gasteiger partial charge in [-0.25, -0.2) is 0 Å². The molecule has 2 aromatic rings. The van der Waals surface area contributed by atoms with E-state index in [1.807, 2.05) is 24.3 Å². The van der Waals surface area contributed by atoms with Gasteiger partial charge in [-0.05, 0) is 23.8 Å². The van der Waals surface area contributed by atoms with E-state index < -0.39 is 0 Å². The van der Waals surface area contributed by atoms with Gasteiger partial charge in [-0.2, -0.15) is 0 Å².